The van der Waals surface area contributed by atoms with E-state index in [1.165, 1.54) is 35.7 Å². The lowest BCUT2D eigenvalue weighted by atomic mass is 9.70. The Balaban J connectivity index is -0.000000316. The van der Waals surface area contributed by atoms with Gasteiger partial charge in [0, 0.05) is 13.5 Å². The van der Waals surface area contributed by atoms with Crippen LogP contribution in [0.4, 0.5) is 5.69 Å². The molecule has 9 rings (SSSR count). The van der Waals surface area contributed by atoms with Crippen LogP contribution < -0.4 is 4.31 Å². The average molecular weight is 830 g/mol. The first kappa shape index (κ1) is 66.0. The second-order valence-corrected chi connectivity index (χ2v) is 16.8. The minimum atomic E-state index is -4.12. The van der Waals surface area contributed by atoms with Crippen molar-refractivity contribution in [3.63, 3.8) is 0 Å². The SMILES string of the molecule is C.C.C.C.C.C.C.C.C.C.C.C.C.C.CN1C(=O)[C@@]23C[C@]4(C5=CCc6ccccc65)c5ccccc5N(S(=O)(=O)c5ccccc5)[C@@H]4N2C(=O)[C@@H]1SSS3. The summed E-state index contributed by atoms with van der Waals surface area (Å²) >= 11 is 0. The van der Waals surface area contributed by atoms with Gasteiger partial charge < -0.3 is 4.90 Å². The summed E-state index contributed by atoms with van der Waals surface area (Å²) in [4.78, 5) is 30.7. The number of sulfonamides is 1. The van der Waals surface area contributed by atoms with E-state index in [9.17, 15) is 18.0 Å². The van der Waals surface area contributed by atoms with Crippen LogP contribution in [0, 0.1) is 0 Å². The van der Waals surface area contributed by atoms with E-state index in [0.717, 1.165) is 22.3 Å². The summed E-state index contributed by atoms with van der Waals surface area (Å²) in [5.74, 6) is -0.390. The van der Waals surface area contributed by atoms with Crippen molar-refractivity contribution in [1.82, 2.24) is 9.80 Å². The summed E-state index contributed by atoms with van der Waals surface area (Å²) in [7, 11) is 1.74. The molecule has 7 nitrogen and oxygen atoms in total. The molecule has 5 heterocycles. The van der Waals surface area contributed by atoms with E-state index in [0.29, 0.717) is 12.1 Å². The molecule has 0 aromatic heterocycles. The quantitative estimate of drug-likeness (QED) is 0.243. The van der Waals surface area contributed by atoms with Crippen molar-refractivity contribution in [2.24, 2.45) is 0 Å². The Morgan fingerprint density at radius 2 is 1.24 bits per heavy atom. The van der Waals surface area contributed by atoms with Crippen molar-refractivity contribution in [3.8, 4) is 0 Å². The number of carbonyl (C=O) groups excluding carboxylic acids is 2. The fourth-order valence-electron chi connectivity index (χ4n) is 7.21. The number of amides is 2. The first-order valence-corrected chi connectivity index (χ1v) is 17.9. The topological polar surface area (TPSA) is 78.0 Å². The molecule has 2 amide bonds. The monoisotopic (exact) mass is 829 g/mol. The van der Waals surface area contributed by atoms with Crippen LogP contribution in [0.15, 0.2) is 89.8 Å². The van der Waals surface area contributed by atoms with Gasteiger partial charge in [-0.05, 0) is 78.3 Å². The summed E-state index contributed by atoms with van der Waals surface area (Å²) < 4.78 is 30.7. The van der Waals surface area contributed by atoms with Crippen molar-refractivity contribution in [1.29, 1.82) is 0 Å². The fraction of sp³-hybridized carbons (Fsp3) is 0.488. The lowest BCUT2D eigenvalue weighted by Crippen LogP contribution is -2.68. The van der Waals surface area contributed by atoms with Crippen LogP contribution in [0.25, 0.3) is 5.57 Å². The molecule has 6 aliphatic rings. The van der Waals surface area contributed by atoms with Crippen molar-refractivity contribution in [2.75, 3.05) is 11.4 Å². The number of carbonyl (C=O) groups is 2. The largest absolute Gasteiger partial charge is 0.322 e. The molecule has 1 spiro atoms. The molecule has 5 aliphatic heterocycles. The maximum atomic E-state index is 14.6. The van der Waals surface area contributed by atoms with Crippen LogP contribution in [-0.4, -0.2) is 53.5 Å². The number of benzene rings is 3. The zero-order valence-corrected chi connectivity index (χ0v) is 24.5. The minimum Gasteiger partial charge on any atom is -0.322 e. The molecular formula is C43H79N3O4S4. The van der Waals surface area contributed by atoms with Crippen LogP contribution in [0.3, 0.4) is 0 Å². The van der Waals surface area contributed by atoms with Gasteiger partial charge in [0.05, 0.1) is 16.0 Å². The van der Waals surface area contributed by atoms with E-state index in [4.69, 9.17) is 0 Å². The van der Waals surface area contributed by atoms with Gasteiger partial charge >= 0.3 is 0 Å². The zero-order valence-electron chi connectivity index (χ0n) is 21.3. The number of rotatable bonds is 3. The number of fused-ring (bicyclic) bond motifs is 7. The van der Waals surface area contributed by atoms with Gasteiger partial charge in [0.1, 0.15) is 6.17 Å². The lowest BCUT2D eigenvalue weighted by Gasteiger charge is -2.46. The number of piperazine rings is 1. The second-order valence-electron chi connectivity index (χ2n) is 10.6. The number of hydrogen-bond donors (Lipinski definition) is 0. The maximum absolute atomic E-state index is 14.6. The Labute approximate surface area is 347 Å². The van der Waals surface area contributed by atoms with Crippen molar-refractivity contribution in [3.05, 3.63) is 102 Å². The smallest absolute Gasteiger partial charge is 0.266 e. The first-order chi connectivity index (χ1) is 19.3. The third-order valence-electron chi connectivity index (χ3n) is 8.81. The maximum Gasteiger partial charge on any atom is 0.266 e. The number of para-hydroxylation sites is 1. The number of allylic oxidation sites excluding steroid dienone is 1. The standard InChI is InChI=1S/C29H23N3O4S4.14CH4/c1-30-25-24(33)31-26-28(17-29(31,27(30)34)38-39-37-25,21-16-15-18-9-5-6-12-20(18)21)22-13-7-8-14-23(22)32(26)40(35,36)19-10-3-2-4-11-19;;;;;;;;;;;;;;/h2-14,16,25-26H,15,17H2,1H3;14*1H4/t25-,26-,28-,29-;;;;;;;;;;;;;;/m0............../s1. The van der Waals surface area contributed by atoms with Gasteiger partial charge in [0.2, 0.25) is 0 Å². The van der Waals surface area contributed by atoms with Gasteiger partial charge in [-0.1, -0.05) is 171 Å². The van der Waals surface area contributed by atoms with Gasteiger partial charge in [-0.15, -0.1) is 0 Å². The summed E-state index contributed by atoms with van der Waals surface area (Å²) in [5.41, 5.74) is 3.62. The predicted molar refractivity (Wildman–Crippen MR) is 254 cm³/mol. The lowest BCUT2D eigenvalue weighted by molar-refractivity contribution is -0.157. The van der Waals surface area contributed by atoms with E-state index >= 15 is 0 Å². The highest BCUT2D eigenvalue weighted by Crippen LogP contribution is 2.71. The Kier molecular flexibility index (Phi) is 27.7. The molecule has 0 unspecified atom stereocenters. The number of anilines is 1. The Bertz CT molecular complexity index is 1770. The molecule has 0 radical (unpaired) electrons. The van der Waals surface area contributed by atoms with Gasteiger partial charge in [-0.25, -0.2) is 12.7 Å². The van der Waals surface area contributed by atoms with Gasteiger partial charge in [-0.3, -0.25) is 14.5 Å². The molecule has 4 atom stereocenters. The summed E-state index contributed by atoms with van der Waals surface area (Å²) in [6.07, 6.45) is 2.23. The molecule has 54 heavy (non-hydrogen) atoms. The molecule has 11 heteroatoms. The van der Waals surface area contributed by atoms with Crippen molar-refractivity contribution in [2.45, 2.75) is 144 Å². The van der Waals surface area contributed by atoms with Crippen molar-refractivity contribution < 1.29 is 18.0 Å². The molecule has 3 aromatic carbocycles. The molecule has 1 aliphatic carbocycles. The Hall–Kier alpha value is -2.86. The molecule has 4 fully saturated rings. The van der Waals surface area contributed by atoms with Gasteiger partial charge in [0.25, 0.3) is 21.8 Å². The number of likely N-dealkylation sites (N-methyl/N-ethyl adjacent to an activating group) is 1. The third-order valence-corrected chi connectivity index (χ3v) is 15.4. The summed E-state index contributed by atoms with van der Waals surface area (Å²) in [5, 5.41) is -0.730. The van der Waals surface area contributed by atoms with E-state index in [1.807, 2.05) is 36.4 Å². The Morgan fingerprint density at radius 3 is 1.85 bits per heavy atom. The fourth-order valence-corrected chi connectivity index (χ4v) is 14.3. The van der Waals surface area contributed by atoms with Crippen LogP contribution in [0.1, 0.15) is 127 Å². The normalized spacial score (nSPS) is 22.3. The van der Waals surface area contributed by atoms with Crippen LogP contribution >= 0.6 is 31.4 Å². The van der Waals surface area contributed by atoms with Crippen molar-refractivity contribution >= 4 is 64.5 Å². The highest BCUT2D eigenvalue weighted by molar-refractivity contribution is 9.10. The number of nitrogens with zero attached hydrogens (tertiary/aromatic N) is 3. The molecule has 4 saturated heterocycles. The molecule has 0 saturated carbocycles. The highest BCUT2D eigenvalue weighted by Gasteiger charge is 2.76. The summed E-state index contributed by atoms with van der Waals surface area (Å²) in [6.45, 7) is 0. The molecule has 314 valence electrons. The first-order valence-electron chi connectivity index (χ1n) is 12.9. The van der Waals surface area contributed by atoms with Crippen LogP contribution in [0.5, 0.6) is 0 Å². The third kappa shape index (κ3) is 8.02. The van der Waals surface area contributed by atoms with Gasteiger partial charge in [0.15, 0.2) is 10.2 Å². The van der Waals surface area contributed by atoms with E-state index < -0.39 is 31.8 Å². The van der Waals surface area contributed by atoms with E-state index in [-0.39, 0.29) is 127 Å². The molecule has 2 bridgehead atoms. The molecular weight excluding hydrogens is 751 g/mol. The molecule has 3 aromatic rings. The van der Waals surface area contributed by atoms with E-state index in [1.54, 1.807) is 47.2 Å². The molecule has 0 N–H and O–H groups in total. The highest BCUT2D eigenvalue weighted by atomic mass is 33.5. The second kappa shape index (κ2) is 22.6. The minimum absolute atomic E-state index is 0. The summed E-state index contributed by atoms with van der Waals surface area (Å²) in [6, 6.07) is 24.1. The van der Waals surface area contributed by atoms with Crippen LogP contribution in [-0.2, 0) is 31.4 Å². The number of hydrogen-bond acceptors (Lipinski definition) is 7. The zero-order chi connectivity index (χ0) is 27.4. The van der Waals surface area contributed by atoms with E-state index in [2.05, 4.69) is 18.2 Å². The van der Waals surface area contributed by atoms with Crippen LogP contribution in [0.2, 0.25) is 0 Å². The Morgan fingerprint density at radius 1 is 0.704 bits per heavy atom. The average Bonchev–Trinajstić information content (AvgIpc) is 3.56. The predicted octanol–water partition coefficient (Wildman–Crippen LogP) is 13.8. The van der Waals surface area contributed by atoms with Gasteiger partial charge in [-0.2, -0.15) is 0 Å².